The normalized spacial score (nSPS) is 12.9. The average Bonchev–Trinajstić information content (AvgIpc) is 2.53. The van der Waals surface area contributed by atoms with Crippen LogP contribution < -0.4 is 0 Å². The SMILES string of the molecule is C\C=C/C(Cl)=C(F)\C=C\c1nc(Cl)cc(-c2ccc(F)cc2)n1. The van der Waals surface area contributed by atoms with Gasteiger partial charge in [0.25, 0.3) is 0 Å². The minimum Gasteiger partial charge on any atom is -0.229 e. The summed E-state index contributed by atoms with van der Waals surface area (Å²) in [6, 6.07) is 7.33. The Morgan fingerprint density at radius 2 is 1.83 bits per heavy atom. The second-order valence-electron chi connectivity index (χ2n) is 4.47. The fourth-order valence-corrected chi connectivity index (χ4v) is 2.11. The molecule has 0 spiro atoms. The van der Waals surface area contributed by atoms with Crippen LogP contribution in [-0.2, 0) is 0 Å². The summed E-state index contributed by atoms with van der Waals surface area (Å²) in [4.78, 5) is 8.25. The van der Waals surface area contributed by atoms with Crippen LogP contribution >= 0.6 is 23.2 Å². The topological polar surface area (TPSA) is 25.8 Å². The van der Waals surface area contributed by atoms with E-state index in [1.807, 2.05) is 0 Å². The van der Waals surface area contributed by atoms with E-state index in [9.17, 15) is 8.78 Å². The fraction of sp³-hybridized carbons (Fsp3) is 0.0588. The first kappa shape index (κ1) is 17.3. The van der Waals surface area contributed by atoms with E-state index in [2.05, 4.69) is 9.97 Å². The van der Waals surface area contributed by atoms with E-state index >= 15 is 0 Å². The molecule has 2 nitrogen and oxygen atoms in total. The highest BCUT2D eigenvalue weighted by molar-refractivity contribution is 6.31. The van der Waals surface area contributed by atoms with E-state index in [0.29, 0.717) is 11.3 Å². The highest BCUT2D eigenvalue weighted by Crippen LogP contribution is 2.21. The van der Waals surface area contributed by atoms with Crippen molar-refractivity contribution in [2.24, 2.45) is 0 Å². The third-order valence-electron chi connectivity index (χ3n) is 2.77. The molecule has 23 heavy (non-hydrogen) atoms. The summed E-state index contributed by atoms with van der Waals surface area (Å²) in [6.07, 6.45) is 5.57. The minimum absolute atomic E-state index is 0.0236. The smallest absolute Gasteiger partial charge is 0.154 e. The summed E-state index contributed by atoms with van der Waals surface area (Å²) in [5.41, 5.74) is 1.18. The number of nitrogens with zero attached hydrogens (tertiary/aromatic N) is 2. The van der Waals surface area contributed by atoms with Gasteiger partial charge in [0.05, 0.1) is 10.7 Å². The van der Waals surface area contributed by atoms with Gasteiger partial charge in [-0.2, -0.15) is 0 Å². The van der Waals surface area contributed by atoms with Crippen LogP contribution in [-0.4, -0.2) is 9.97 Å². The molecule has 1 aromatic heterocycles. The van der Waals surface area contributed by atoms with Crippen molar-refractivity contribution in [3.63, 3.8) is 0 Å². The third-order valence-corrected chi connectivity index (χ3v) is 3.27. The molecule has 0 aliphatic rings. The summed E-state index contributed by atoms with van der Waals surface area (Å²) in [5.74, 6) is -0.742. The van der Waals surface area contributed by atoms with Gasteiger partial charge in [-0.25, -0.2) is 18.7 Å². The van der Waals surface area contributed by atoms with Crippen LogP contribution in [0.2, 0.25) is 5.15 Å². The van der Waals surface area contributed by atoms with Crippen molar-refractivity contribution in [3.05, 3.63) is 76.2 Å². The molecular weight excluding hydrogens is 341 g/mol. The van der Waals surface area contributed by atoms with Crippen LogP contribution in [0.15, 0.2) is 59.4 Å². The maximum absolute atomic E-state index is 13.7. The standard InChI is InChI=1S/C17H12Cl2F2N2/c1-2-3-13(18)14(21)8-9-17-22-15(10-16(19)23-17)11-4-6-12(20)7-5-11/h2-10H,1H3/b3-2-,9-8+,14-13-. The van der Waals surface area contributed by atoms with Crippen LogP contribution in [0.5, 0.6) is 0 Å². The molecule has 0 unspecified atom stereocenters. The van der Waals surface area contributed by atoms with E-state index in [4.69, 9.17) is 23.2 Å². The number of rotatable bonds is 4. The monoisotopic (exact) mass is 352 g/mol. The maximum atomic E-state index is 13.7. The van der Waals surface area contributed by atoms with Crippen molar-refractivity contribution < 1.29 is 8.78 Å². The summed E-state index contributed by atoms with van der Waals surface area (Å²) >= 11 is 11.7. The van der Waals surface area contributed by atoms with Gasteiger partial charge in [0.1, 0.15) is 16.8 Å². The number of benzene rings is 1. The van der Waals surface area contributed by atoms with Crippen LogP contribution in [0.3, 0.4) is 0 Å². The first-order chi connectivity index (χ1) is 11.0. The molecule has 0 aliphatic carbocycles. The fourth-order valence-electron chi connectivity index (χ4n) is 1.73. The van der Waals surface area contributed by atoms with Gasteiger partial charge in [-0.05, 0) is 49.4 Å². The van der Waals surface area contributed by atoms with Gasteiger partial charge in [-0.15, -0.1) is 0 Å². The molecule has 2 aromatic rings. The second-order valence-corrected chi connectivity index (χ2v) is 5.26. The molecule has 118 valence electrons. The van der Waals surface area contributed by atoms with Crippen molar-refractivity contribution in [2.75, 3.05) is 0 Å². The maximum Gasteiger partial charge on any atom is 0.154 e. The summed E-state index contributed by atoms with van der Waals surface area (Å²) in [6.45, 7) is 1.73. The zero-order valence-electron chi connectivity index (χ0n) is 12.1. The van der Waals surface area contributed by atoms with Gasteiger partial charge < -0.3 is 0 Å². The molecule has 0 bridgehead atoms. The minimum atomic E-state index is -0.614. The summed E-state index contributed by atoms with van der Waals surface area (Å²) < 4.78 is 26.7. The third kappa shape index (κ3) is 4.98. The van der Waals surface area contributed by atoms with E-state index in [1.54, 1.807) is 31.2 Å². The molecule has 0 fully saturated rings. The second kappa shape index (κ2) is 7.99. The molecule has 0 amide bonds. The Hall–Kier alpha value is -2.04. The van der Waals surface area contributed by atoms with Gasteiger partial charge in [-0.1, -0.05) is 29.3 Å². The van der Waals surface area contributed by atoms with Crippen molar-refractivity contribution in [2.45, 2.75) is 6.92 Å². The molecule has 0 aliphatic heterocycles. The van der Waals surface area contributed by atoms with Gasteiger partial charge in [-0.3, -0.25) is 0 Å². The predicted octanol–water partition coefficient (Wildman–Crippen LogP) is 5.95. The molecule has 0 atom stereocenters. The molecule has 0 N–H and O–H groups in total. The predicted molar refractivity (Wildman–Crippen MR) is 90.3 cm³/mol. The molecule has 2 rings (SSSR count). The molecule has 0 saturated carbocycles. The van der Waals surface area contributed by atoms with Gasteiger partial charge in [0, 0.05) is 11.6 Å². The first-order valence-electron chi connectivity index (χ1n) is 6.66. The van der Waals surface area contributed by atoms with Gasteiger partial charge >= 0.3 is 0 Å². The zero-order valence-corrected chi connectivity index (χ0v) is 13.6. The number of aromatic nitrogens is 2. The molecular formula is C17H12Cl2F2N2. The van der Waals surface area contributed by atoms with Crippen molar-refractivity contribution in [3.8, 4) is 11.3 Å². The quantitative estimate of drug-likeness (QED) is 0.502. The van der Waals surface area contributed by atoms with Crippen LogP contribution in [0.25, 0.3) is 17.3 Å². The Morgan fingerprint density at radius 3 is 2.48 bits per heavy atom. The van der Waals surface area contributed by atoms with Crippen LogP contribution in [0.1, 0.15) is 12.7 Å². The highest BCUT2D eigenvalue weighted by Gasteiger charge is 2.05. The summed E-state index contributed by atoms with van der Waals surface area (Å²) in [5, 5.41) is 0.174. The molecule has 6 heteroatoms. The Morgan fingerprint density at radius 1 is 1.13 bits per heavy atom. The number of allylic oxidation sites excluding steroid dienone is 5. The molecule has 0 radical (unpaired) electrons. The van der Waals surface area contributed by atoms with Crippen LogP contribution in [0.4, 0.5) is 8.78 Å². The average molecular weight is 353 g/mol. The number of hydrogen-bond acceptors (Lipinski definition) is 2. The lowest BCUT2D eigenvalue weighted by Crippen LogP contribution is -1.92. The van der Waals surface area contributed by atoms with Gasteiger partial charge in [0.15, 0.2) is 5.82 Å². The molecule has 1 heterocycles. The van der Waals surface area contributed by atoms with Gasteiger partial charge in [0.2, 0.25) is 0 Å². The van der Waals surface area contributed by atoms with E-state index in [1.165, 1.54) is 24.3 Å². The Kier molecular flexibility index (Phi) is 6.02. The lowest BCUT2D eigenvalue weighted by Gasteiger charge is -2.03. The Bertz CT molecular complexity index is 782. The van der Waals surface area contributed by atoms with E-state index in [-0.39, 0.29) is 21.8 Å². The van der Waals surface area contributed by atoms with Crippen LogP contribution in [0, 0.1) is 5.82 Å². The Labute approximate surface area is 142 Å². The Balaban J connectivity index is 2.34. The van der Waals surface area contributed by atoms with E-state index < -0.39 is 5.83 Å². The number of halogens is 4. The highest BCUT2D eigenvalue weighted by atomic mass is 35.5. The lowest BCUT2D eigenvalue weighted by molar-refractivity contribution is 0.628. The summed E-state index contributed by atoms with van der Waals surface area (Å²) in [7, 11) is 0. The molecule has 0 saturated heterocycles. The number of hydrogen-bond donors (Lipinski definition) is 0. The van der Waals surface area contributed by atoms with Crippen molar-refractivity contribution >= 4 is 29.3 Å². The zero-order chi connectivity index (χ0) is 16.8. The van der Waals surface area contributed by atoms with E-state index in [0.717, 1.165) is 6.08 Å². The lowest BCUT2D eigenvalue weighted by atomic mass is 10.1. The largest absolute Gasteiger partial charge is 0.229 e. The van der Waals surface area contributed by atoms with Crippen molar-refractivity contribution in [1.29, 1.82) is 0 Å². The van der Waals surface area contributed by atoms with Crippen molar-refractivity contribution in [1.82, 2.24) is 9.97 Å². The first-order valence-corrected chi connectivity index (χ1v) is 7.42. The molecule has 1 aromatic carbocycles.